The Morgan fingerprint density at radius 3 is 2.35 bits per heavy atom. The summed E-state index contributed by atoms with van der Waals surface area (Å²) in [4.78, 5) is 0. The number of aryl methyl sites for hydroxylation is 1. The summed E-state index contributed by atoms with van der Waals surface area (Å²) in [5, 5.41) is 3.74. The summed E-state index contributed by atoms with van der Waals surface area (Å²) in [6.45, 7) is 6.84. The van der Waals surface area contributed by atoms with Crippen LogP contribution in [0, 0.1) is 0 Å². The summed E-state index contributed by atoms with van der Waals surface area (Å²) in [6, 6.07) is 12.1. The minimum absolute atomic E-state index is 0.617. The van der Waals surface area contributed by atoms with Crippen LogP contribution in [0.1, 0.15) is 52.0 Å². The van der Waals surface area contributed by atoms with Crippen LogP contribution in [0.2, 0.25) is 0 Å². The van der Waals surface area contributed by atoms with Crippen molar-refractivity contribution >= 4 is 0 Å². The fourth-order valence-corrected chi connectivity index (χ4v) is 2.27. The molecule has 96 valence electrons. The molecule has 1 N–H and O–H groups in total. The van der Waals surface area contributed by atoms with E-state index in [1.807, 2.05) is 0 Å². The van der Waals surface area contributed by atoms with E-state index in [2.05, 4.69) is 56.4 Å². The van der Waals surface area contributed by atoms with Crippen molar-refractivity contribution in [1.29, 1.82) is 0 Å². The Kier molecular flexibility index (Phi) is 6.95. The van der Waals surface area contributed by atoms with Crippen LogP contribution < -0.4 is 5.32 Å². The molecule has 0 radical (unpaired) electrons. The van der Waals surface area contributed by atoms with Gasteiger partial charge in [-0.25, -0.2) is 0 Å². The molecule has 1 aromatic carbocycles. The van der Waals surface area contributed by atoms with Crippen LogP contribution in [0.4, 0.5) is 0 Å². The van der Waals surface area contributed by atoms with Gasteiger partial charge in [0.05, 0.1) is 0 Å². The fourth-order valence-electron chi connectivity index (χ4n) is 2.27. The molecule has 0 saturated carbocycles. The van der Waals surface area contributed by atoms with Crippen molar-refractivity contribution < 1.29 is 0 Å². The fraction of sp³-hybridized carbons (Fsp3) is 0.625. The SMILES string of the molecule is CCCC(CC)NC(C)CCc1ccccc1. The van der Waals surface area contributed by atoms with Gasteiger partial charge in [0.2, 0.25) is 0 Å². The van der Waals surface area contributed by atoms with Gasteiger partial charge in [-0.2, -0.15) is 0 Å². The zero-order valence-corrected chi connectivity index (χ0v) is 11.6. The van der Waals surface area contributed by atoms with Crippen LogP contribution >= 0.6 is 0 Å². The molecule has 0 fully saturated rings. The minimum Gasteiger partial charge on any atom is -0.312 e. The van der Waals surface area contributed by atoms with E-state index in [0.29, 0.717) is 12.1 Å². The van der Waals surface area contributed by atoms with Gasteiger partial charge in [0.1, 0.15) is 0 Å². The lowest BCUT2D eigenvalue weighted by atomic mass is 10.0. The summed E-state index contributed by atoms with van der Waals surface area (Å²) in [6.07, 6.45) is 6.22. The van der Waals surface area contributed by atoms with E-state index < -0.39 is 0 Å². The van der Waals surface area contributed by atoms with E-state index in [0.717, 1.165) is 0 Å². The Hall–Kier alpha value is -0.820. The van der Waals surface area contributed by atoms with Crippen molar-refractivity contribution in [3.63, 3.8) is 0 Å². The Morgan fingerprint density at radius 1 is 1.06 bits per heavy atom. The highest BCUT2D eigenvalue weighted by molar-refractivity contribution is 5.14. The maximum absolute atomic E-state index is 3.74. The second-order valence-corrected chi connectivity index (χ2v) is 4.99. The zero-order valence-electron chi connectivity index (χ0n) is 11.6. The molecule has 0 aliphatic carbocycles. The van der Waals surface area contributed by atoms with Crippen LogP contribution in [0.3, 0.4) is 0 Å². The van der Waals surface area contributed by atoms with Gasteiger partial charge < -0.3 is 5.32 Å². The first-order valence-electron chi connectivity index (χ1n) is 7.06. The van der Waals surface area contributed by atoms with E-state index in [1.165, 1.54) is 37.7 Å². The van der Waals surface area contributed by atoms with Gasteiger partial charge in [-0.05, 0) is 38.2 Å². The first-order valence-corrected chi connectivity index (χ1v) is 7.06. The second kappa shape index (κ2) is 8.30. The van der Waals surface area contributed by atoms with Gasteiger partial charge in [0.25, 0.3) is 0 Å². The molecule has 2 atom stereocenters. The Bertz CT molecular complexity index is 281. The lowest BCUT2D eigenvalue weighted by Crippen LogP contribution is -2.36. The number of rotatable bonds is 8. The second-order valence-electron chi connectivity index (χ2n) is 4.99. The van der Waals surface area contributed by atoms with Crippen molar-refractivity contribution in [2.24, 2.45) is 0 Å². The van der Waals surface area contributed by atoms with Crippen molar-refractivity contribution in [2.75, 3.05) is 0 Å². The molecule has 0 aromatic heterocycles. The van der Waals surface area contributed by atoms with Gasteiger partial charge >= 0.3 is 0 Å². The smallest absolute Gasteiger partial charge is 0.00668 e. The molecule has 0 heterocycles. The Balaban J connectivity index is 2.27. The third-order valence-electron chi connectivity index (χ3n) is 3.36. The first-order chi connectivity index (χ1) is 8.26. The van der Waals surface area contributed by atoms with Crippen molar-refractivity contribution in [3.8, 4) is 0 Å². The summed E-state index contributed by atoms with van der Waals surface area (Å²) in [5.41, 5.74) is 1.45. The number of hydrogen-bond acceptors (Lipinski definition) is 1. The van der Waals surface area contributed by atoms with Crippen LogP contribution in [0.15, 0.2) is 30.3 Å². The monoisotopic (exact) mass is 233 g/mol. The minimum atomic E-state index is 0.617. The van der Waals surface area contributed by atoms with E-state index >= 15 is 0 Å². The normalized spacial score (nSPS) is 14.5. The average Bonchev–Trinajstić information content (AvgIpc) is 2.37. The number of nitrogens with one attached hydrogen (secondary N) is 1. The maximum atomic E-state index is 3.74. The van der Waals surface area contributed by atoms with Gasteiger partial charge in [0, 0.05) is 12.1 Å². The molecule has 0 saturated heterocycles. The molecular weight excluding hydrogens is 206 g/mol. The van der Waals surface area contributed by atoms with Gasteiger partial charge in [-0.1, -0.05) is 50.6 Å². The molecule has 0 aliphatic rings. The Morgan fingerprint density at radius 2 is 1.76 bits per heavy atom. The third kappa shape index (κ3) is 5.88. The van der Waals surface area contributed by atoms with Crippen LogP contribution in [-0.4, -0.2) is 12.1 Å². The van der Waals surface area contributed by atoms with E-state index in [4.69, 9.17) is 0 Å². The number of hydrogen-bond donors (Lipinski definition) is 1. The predicted octanol–water partition coefficient (Wildman–Crippen LogP) is 4.18. The molecule has 0 aliphatic heterocycles. The van der Waals surface area contributed by atoms with Gasteiger partial charge in [-0.15, -0.1) is 0 Å². The standard InChI is InChI=1S/C16H27N/c1-4-9-16(5-2)17-14(3)12-13-15-10-7-6-8-11-15/h6-8,10-11,14,16-17H,4-5,9,12-13H2,1-3H3. The number of benzene rings is 1. The third-order valence-corrected chi connectivity index (χ3v) is 3.36. The molecular formula is C16H27N. The molecule has 0 bridgehead atoms. The van der Waals surface area contributed by atoms with E-state index in [9.17, 15) is 0 Å². The summed E-state index contributed by atoms with van der Waals surface area (Å²) in [5.74, 6) is 0. The van der Waals surface area contributed by atoms with Crippen LogP contribution in [0.5, 0.6) is 0 Å². The highest BCUT2D eigenvalue weighted by atomic mass is 14.9. The topological polar surface area (TPSA) is 12.0 Å². The molecule has 0 amide bonds. The molecule has 1 heteroatoms. The molecule has 1 nitrogen and oxygen atoms in total. The van der Waals surface area contributed by atoms with E-state index in [-0.39, 0.29) is 0 Å². The average molecular weight is 233 g/mol. The molecule has 2 unspecified atom stereocenters. The molecule has 17 heavy (non-hydrogen) atoms. The highest BCUT2D eigenvalue weighted by Crippen LogP contribution is 2.08. The van der Waals surface area contributed by atoms with Gasteiger partial charge in [0.15, 0.2) is 0 Å². The van der Waals surface area contributed by atoms with Crippen molar-refractivity contribution in [1.82, 2.24) is 5.32 Å². The predicted molar refractivity (Wildman–Crippen MR) is 76.3 cm³/mol. The van der Waals surface area contributed by atoms with E-state index in [1.54, 1.807) is 0 Å². The summed E-state index contributed by atoms with van der Waals surface area (Å²) < 4.78 is 0. The quantitative estimate of drug-likeness (QED) is 0.710. The molecule has 1 rings (SSSR count). The van der Waals surface area contributed by atoms with Crippen LogP contribution in [-0.2, 0) is 6.42 Å². The highest BCUT2D eigenvalue weighted by Gasteiger charge is 2.09. The summed E-state index contributed by atoms with van der Waals surface area (Å²) in [7, 11) is 0. The first kappa shape index (κ1) is 14.2. The van der Waals surface area contributed by atoms with Crippen molar-refractivity contribution in [2.45, 2.75) is 65.0 Å². The van der Waals surface area contributed by atoms with Crippen molar-refractivity contribution in [3.05, 3.63) is 35.9 Å². The lowest BCUT2D eigenvalue weighted by molar-refractivity contribution is 0.396. The molecule has 0 spiro atoms. The van der Waals surface area contributed by atoms with Gasteiger partial charge in [-0.3, -0.25) is 0 Å². The molecule has 1 aromatic rings. The lowest BCUT2D eigenvalue weighted by Gasteiger charge is -2.22. The Labute approximate surface area is 107 Å². The zero-order chi connectivity index (χ0) is 12.5. The maximum Gasteiger partial charge on any atom is 0.00668 e. The van der Waals surface area contributed by atoms with Crippen LogP contribution in [0.25, 0.3) is 0 Å². The largest absolute Gasteiger partial charge is 0.312 e. The summed E-state index contributed by atoms with van der Waals surface area (Å²) >= 11 is 0.